The molecule has 1 spiro atoms. The van der Waals surface area contributed by atoms with Crippen molar-refractivity contribution in [2.45, 2.75) is 5.41 Å². The fourth-order valence-electron chi connectivity index (χ4n) is 14.4. The standard InChI is InChI=1S/C73H43N3O2/c1-3-20-44(21-4-1)74(60-34-18-38-65-68(60)52-27-10-15-36-63(52)77-65)46-40-41-51-57(42-46)73(55-31-12-7-24-47(55)48-25-8-13-32-56(48)73)58-43-62(70-54-30-17-29-50-49-26-9-14-33-59(49)76(71(50)54)72(70)67(51)58)75(45-22-5-2-6-23-45)61-35-19-39-66-69(61)53-28-11-16-37-64(53)78-66/h1-43H. The maximum atomic E-state index is 6.71. The fraction of sp³-hybridized carbons (Fsp3) is 0.0137. The molecule has 4 heterocycles. The minimum atomic E-state index is -0.748. The molecule has 0 amide bonds. The number of anilines is 6. The Hall–Kier alpha value is -10.4. The summed E-state index contributed by atoms with van der Waals surface area (Å²) in [5, 5.41) is 9.22. The monoisotopic (exact) mass is 993 g/mol. The Bertz CT molecular complexity index is 5130. The van der Waals surface area contributed by atoms with E-state index in [1.807, 2.05) is 0 Å². The number of para-hydroxylation sites is 6. The molecule has 16 aromatic rings. The molecule has 18 rings (SSSR count). The summed E-state index contributed by atoms with van der Waals surface area (Å²) in [6.45, 7) is 0. The smallest absolute Gasteiger partial charge is 0.137 e. The van der Waals surface area contributed by atoms with Crippen LogP contribution in [-0.2, 0) is 5.41 Å². The number of hydrogen-bond donors (Lipinski definition) is 0. The summed E-state index contributed by atoms with van der Waals surface area (Å²) in [4.78, 5) is 4.97. The van der Waals surface area contributed by atoms with E-state index in [1.54, 1.807) is 0 Å². The third kappa shape index (κ3) is 5.29. The van der Waals surface area contributed by atoms with E-state index in [2.05, 4.69) is 275 Å². The quantitative estimate of drug-likeness (QED) is 0.166. The Morgan fingerprint density at radius 2 is 0.808 bits per heavy atom. The summed E-state index contributed by atoms with van der Waals surface area (Å²) < 4.78 is 15.9. The van der Waals surface area contributed by atoms with Gasteiger partial charge in [0.2, 0.25) is 0 Å². The molecule has 362 valence electrons. The summed E-state index contributed by atoms with van der Waals surface area (Å²) in [6, 6.07) is 95.8. The number of hydrogen-bond acceptors (Lipinski definition) is 4. The van der Waals surface area contributed by atoms with Gasteiger partial charge in [-0.3, -0.25) is 0 Å². The van der Waals surface area contributed by atoms with Crippen molar-refractivity contribution >= 4 is 116 Å². The average Bonchev–Trinajstić information content (AvgIpc) is 4.19. The molecule has 0 unspecified atom stereocenters. The van der Waals surface area contributed by atoms with E-state index in [0.29, 0.717) is 0 Å². The van der Waals surface area contributed by atoms with Crippen molar-refractivity contribution in [1.82, 2.24) is 4.40 Å². The second-order valence-electron chi connectivity index (χ2n) is 21.0. The number of nitrogens with zero attached hydrogens (tertiary/aromatic N) is 3. The lowest BCUT2D eigenvalue weighted by atomic mass is 9.70. The van der Waals surface area contributed by atoms with Crippen molar-refractivity contribution in [2.24, 2.45) is 0 Å². The van der Waals surface area contributed by atoms with Gasteiger partial charge in [0.15, 0.2) is 0 Å². The largest absolute Gasteiger partial charge is 0.456 e. The lowest BCUT2D eigenvalue weighted by Gasteiger charge is -2.33. The van der Waals surface area contributed by atoms with E-state index in [0.717, 1.165) is 78.0 Å². The Balaban J connectivity index is 1.03. The molecular formula is C73H43N3O2. The van der Waals surface area contributed by atoms with Gasteiger partial charge in [-0.05, 0) is 124 Å². The molecule has 5 nitrogen and oxygen atoms in total. The minimum absolute atomic E-state index is 0.748. The predicted octanol–water partition coefficient (Wildman–Crippen LogP) is 19.9. The van der Waals surface area contributed by atoms with E-state index < -0.39 is 5.41 Å². The first kappa shape index (κ1) is 41.9. The molecule has 0 radical (unpaired) electrons. The van der Waals surface area contributed by atoms with Gasteiger partial charge < -0.3 is 23.0 Å². The number of rotatable bonds is 6. The maximum Gasteiger partial charge on any atom is 0.137 e. The highest BCUT2D eigenvalue weighted by Crippen LogP contribution is 2.66. The van der Waals surface area contributed by atoms with Crippen LogP contribution in [0, 0.1) is 0 Å². The van der Waals surface area contributed by atoms with Crippen molar-refractivity contribution in [1.29, 1.82) is 0 Å². The van der Waals surface area contributed by atoms with Crippen LogP contribution in [0.25, 0.3) is 104 Å². The number of fused-ring (bicyclic) bond motifs is 23. The van der Waals surface area contributed by atoms with Gasteiger partial charge in [-0.25, -0.2) is 0 Å². The lowest BCUT2D eigenvalue weighted by Crippen LogP contribution is -2.26. The second-order valence-corrected chi connectivity index (χ2v) is 21.0. The molecule has 2 aliphatic rings. The van der Waals surface area contributed by atoms with Crippen LogP contribution in [0.2, 0.25) is 0 Å². The van der Waals surface area contributed by atoms with Crippen LogP contribution in [0.4, 0.5) is 34.1 Å². The third-order valence-electron chi connectivity index (χ3n) is 17.3. The predicted molar refractivity (Wildman–Crippen MR) is 321 cm³/mol. The van der Waals surface area contributed by atoms with E-state index in [-0.39, 0.29) is 0 Å². The molecule has 0 atom stereocenters. The normalized spacial score (nSPS) is 13.2. The van der Waals surface area contributed by atoms with Gasteiger partial charge in [-0.15, -0.1) is 0 Å². The number of benzene rings is 12. The van der Waals surface area contributed by atoms with Crippen LogP contribution in [0.1, 0.15) is 22.3 Å². The summed E-state index contributed by atoms with van der Waals surface area (Å²) in [6.07, 6.45) is 0. The summed E-state index contributed by atoms with van der Waals surface area (Å²) >= 11 is 0. The van der Waals surface area contributed by atoms with E-state index in [1.165, 1.54) is 82.6 Å². The van der Waals surface area contributed by atoms with Gasteiger partial charge in [0, 0.05) is 54.9 Å². The molecule has 2 aliphatic carbocycles. The molecule has 0 aliphatic heterocycles. The molecule has 0 bridgehead atoms. The van der Waals surface area contributed by atoms with Gasteiger partial charge in [-0.2, -0.15) is 0 Å². The topological polar surface area (TPSA) is 37.2 Å². The molecule has 5 heteroatoms. The van der Waals surface area contributed by atoms with Crippen molar-refractivity contribution < 1.29 is 8.83 Å². The Kier molecular flexibility index (Phi) is 8.27. The zero-order chi connectivity index (χ0) is 50.8. The lowest BCUT2D eigenvalue weighted by molar-refractivity contribution is 0.668. The first-order valence-corrected chi connectivity index (χ1v) is 26.8. The van der Waals surface area contributed by atoms with E-state index in [9.17, 15) is 0 Å². The Morgan fingerprint density at radius 3 is 1.47 bits per heavy atom. The summed E-state index contributed by atoms with van der Waals surface area (Å²) in [7, 11) is 0. The van der Waals surface area contributed by atoms with Gasteiger partial charge in [0.1, 0.15) is 22.3 Å². The highest BCUT2D eigenvalue weighted by Gasteiger charge is 2.53. The molecule has 4 aromatic heterocycles. The van der Waals surface area contributed by atoms with Crippen molar-refractivity contribution in [3.8, 4) is 22.3 Å². The summed E-state index contributed by atoms with van der Waals surface area (Å²) in [5.74, 6) is 0. The average molecular weight is 994 g/mol. The van der Waals surface area contributed by atoms with Crippen LogP contribution < -0.4 is 9.80 Å². The SMILES string of the molecule is c1ccc(N(c2ccc3c(c2)C2(c4ccccc4-c4ccccc42)c2cc(N(c4ccccc4)c4cccc5oc6ccccc6c45)c4c5cccc6c7ccccc7n(c4c2-3)c65)c2cccc3oc4ccccc4c23)cc1. The van der Waals surface area contributed by atoms with E-state index in [4.69, 9.17) is 8.83 Å². The fourth-order valence-corrected chi connectivity index (χ4v) is 14.4. The molecule has 0 fully saturated rings. The molecule has 0 saturated heterocycles. The summed E-state index contributed by atoms with van der Waals surface area (Å²) in [5.41, 5.74) is 22.7. The molecule has 0 N–H and O–H groups in total. The first-order valence-electron chi connectivity index (χ1n) is 26.8. The Labute approximate surface area is 447 Å². The van der Waals surface area contributed by atoms with Crippen LogP contribution >= 0.6 is 0 Å². The van der Waals surface area contributed by atoms with Gasteiger partial charge in [0.05, 0.1) is 49.8 Å². The van der Waals surface area contributed by atoms with Crippen LogP contribution in [0.5, 0.6) is 0 Å². The maximum absolute atomic E-state index is 6.71. The zero-order valence-corrected chi connectivity index (χ0v) is 42.0. The third-order valence-corrected chi connectivity index (χ3v) is 17.3. The van der Waals surface area contributed by atoms with Gasteiger partial charge in [-0.1, -0.05) is 176 Å². The molecule has 78 heavy (non-hydrogen) atoms. The van der Waals surface area contributed by atoms with Crippen LogP contribution in [0.15, 0.2) is 270 Å². The van der Waals surface area contributed by atoms with Crippen LogP contribution in [-0.4, -0.2) is 4.40 Å². The van der Waals surface area contributed by atoms with E-state index >= 15 is 0 Å². The number of furan rings is 2. The van der Waals surface area contributed by atoms with Crippen molar-refractivity contribution in [3.05, 3.63) is 283 Å². The van der Waals surface area contributed by atoms with Crippen molar-refractivity contribution in [2.75, 3.05) is 9.80 Å². The highest BCUT2D eigenvalue weighted by molar-refractivity contribution is 6.30. The first-order chi connectivity index (χ1) is 38.7. The molecule has 12 aromatic carbocycles. The van der Waals surface area contributed by atoms with Crippen molar-refractivity contribution in [3.63, 3.8) is 0 Å². The second kappa shape index (κ2) is 15.4. The van der Waals surface area contributed by atoms with Gasteiger partial charge in [0.25, 0.3) is 0 Å². The Morgan fingerprint density at radius 1 is 0.295 bits per heavy atom. The highest BCUT2D eigenvalue weighted by atomic mass is 16.3. The minimum Gasteiger partial charge on any atom is -0.456 e. The van der Waals surface area contributed by atoms with Gasteiger partial charge >= 0.3 is 0 Å². The van der Waals surface area contributed by atoms with Crippen LogP contribution in [0.3, 0.4) is 0 Å². The number of aromatic nitrogens is 1. The zero-order valence-electron chi connectivity index (χ0n) is 42.0. The molecule has 0 saturated carbocycles. The molecular weight excluding hydrogens is 951 g/mol.